The maximum atomic E-state index is 11.0. The predicted octanol–water partition coefficient (Wildman–Crippen LogP) is 0.678. The molecule has 0 fully saturated rings. The highest BCUT2D eigenvalue weighted by atomic mass is 16.1. The van der Waals surface area contributed by atoms with Gasteiger partial charge in [-0.3, -0.25) is 4.79 Å². The molecule has 0 aliphatic rings. The first kappa shape index (κ1) is 11.2. The Morgan fingerprint density at radius 3 is 2.83 bits per heavy atom. The van der Waals surface area contributed by atoms with E-state index in [0.29, 0.717) is 13.1 Å². The summed E-state index contributed by atoms with van der Waals surface area (Å²) in [6.45, 7) is 7.65. The highest BCUT2D eigenvalue weighted by molar-refractivity contribution is 5.77. The largest absolute Gasteiger partial charge is 0.355 e. The van der Waals surface area contributed by atoms with Crippen molar-refractivity contribution in [1.82, 2.24) is 10.6 Å². The molecule has 0 radical (unpaired) electrons. The molecule has 0 saturated carbocycles. The Hall–Kier alpha value is -0.830. The van der Waals surface area contributed by atoms with E-state index in [1.165, 1.54) is 0 Å². The lowest BCUT2D eigenvalue weighted by atomic mass is 10.4. The van der Waals surface area contributed by atoms with Crippen molar-refractivity contribution < 1.29 is 4.79 Å². The molecule has 3 heteroatoms. The topological polar surface area (TPSA) is 41.1 Å². The first-order chi connectivity index (χ1) is 5.81. The zero-order valence-electron chi connectivity index (χ0n) is 7.73. The van der Waals surface area contributed by atoms with Gasteiger partial charge >= 0.3 is 0 Å². The number of hydrogen-bond acceptors (Lipinski definition) is 2. The molecule has 0 bridgehead atoms. The van der Waals surface area contributed by atoms with Crippen molar-refractivity contribution in [3.63, 3.8) is 0 Å². The number of carbonyl (C=O) groups excluding carboxylic acids is 1. The maximum Gasteiger partial charge on any atom is 0.233 e. The van der Waals surface area contributed by atoms with E-state index in [1.54, 1.807) is 6.08 Å². The van der Waals surface area contributed by atoms with E-state index in [-0.39, 0.29) is 5.91 Å². The fourth-order valence-electron chi connectivity index (χ4n) is 0.755. The Labute approximate surface area is 74.2 Å². The lowest BCUT2D eigenvalue weighted by Gasteiger charge is -2.03. The summed E-state index contributed by atoms with van der Waals surface area (Å²) in [4.78, 5) is 11.0. The van der Waals surface area contributed by atoms with Crippen molar-refractivity contribution >= 4 is 5.91 Å². The van der Waals surface area contributed by atoms with Gasteiger partial charge in [-0.2, -0.15) is 0 Å². The van der Waals surface area contributed by atoms with Gasteiger partial charge in [0.15, 0.2) is 0 Å². The van der Waals surface area contributed by atoms with E-state index in [1.807, 2.05) is 0 Å². The van der Waals surface area contributed by atoms with Crippen LogP contribution in [0.4, 0.5) is 0 Å². The summed E-state index contributed by atoms with van der Waals surface area (Å²) >= 11 is 0. The van der Waals surface area contributed by atoms with Crippen molar-refractivity contribution in [3.05, 3.63) is 12.7 Å². The van der Waals surface area contributed by atoms with Crippen LogP contribution in [-0.2, 0) is 4.79 Å². The van der Waals surface area contributed by atoms with Gasteiger partial charge in [-0.15, -0.1) is 6.58 Å². The third-order valence-corrected chi connectivity index (χ3v) is 1.38. The molecule has 0 atom stereocenters. The van der Waals surface area contributed by atoms with E-state index in [4.69, 9.17) is 0 Å². The molecule has 0 aliphatic carbocycles. The predicted molar refractivity (Wildman–Crippen MR) is 51.0 cm³/mol. The fourth-order valence-corrected chi connectivity index (χ4v) is 0.755. The Kier molecular flexibility index (Phi) is 7.70. The van der Waals surface area contributed by atoms with Crippen LogP contribution in [0, 0.1) is 0 Å². The molecule has 0 aromatic carbocycles. The summed E-state index contributed by atoms with van der Waals surface area (Å²) < 4.78 is 0. The van der Waals surface area contributed by atoms with Crippen LogP contribution in [0.15, 0.2) is 12.7 Å². The van der Waals surface area contributed by atoms with Crippen LogP contribution in [-0.4, -0.2) is 25.5 Å². The van der Waals surface area contributed by atoms with Crippen LogP contribution in [0.3, 0.4) is 0 Å². The Bertz CT molecular complexity index is 134. The fraction of sp³-hybridized carbons (Fsp3) is 0.667. The molecule has 0 rings (SSSR count). The molecule has 12 heavy (non-hydrogen) atoms. The van der Waals surface area contributed by atoms with Gasteiger partial charge in [0.1, 0.15) is 0 Å². The van der Waals surface area contributed by atoms with Crippen molar-refractivity contribution in [2.45, 2.75) is 19.8 Å². The average molecular weight is 170 g/mol. The van der Waals surface area contributed by atoms with Gasteiger partial charge in [-0.1, -0.05) is 13.0 Å². The second kappa shape index (κ2) is 8.27. The van der Waals surface area contributed by atoms with Crippen LogP contribution in [0.2, 0.25) is 0 Å². The average Bonchev–Trinajstić information content (AvgIpc) is 2.06. The summed E-state index contributed by atoms with van der Waals surface area (Å²) in [5.41, 5.74) is 0. The highest BCUT2D eigenvalue weighted by Crippen LogP contribution is 1.75. The van der Waals surface area contributed by atoms with Gasteiger partial charge in [-0.05, 0) is 19.4 Å². The van der Waals surface area contributed by atoms with Crippen LogP contribution in [0.25, 0.3) is 0 Å². The van der Waals surface area contributed by atoms with E-state index in [0.717, 1.165) is 19.4 Å². The lowest BCUT2D eigenvalue weighted by Crippen LogP contribution is -2.34. The zero-order chi connectivity index (χ0) is 9.23. The van der Waals surface area contributed by atoms with Crippen LogP contribution >= 0.6 is 0 Å². The SMILES string of the molecule is C=CCCNC(=O)CNCCC. The highest BCUT2D eigenvalue weighted by Gasteiger charge is 1.96. The van der Waals surface area contributed by atoms with Crippen molar-refractivity contribution in [2.75, 3.05) is 19.6 Å². The third kappa shape index (κ3) is 7.28. The minimum atomic E-state index is 0.0605. The standard InChI is InChI=1S/C9H18N2O/c1-3-5-7-11-9(12)8-10-6-4-2/h3,10H,1,4-8H2,2H3,(H,11,12). The molecule has 0 aromatic heterocycles. The summed E-state index contributed by atoms with van der Waals surface area (Å²) in [6, 6.07) is 0. The van der Waals surface area contributed by atoms with Crippen LogP contribution in [0.5, 0.6) is 0 Å². The molecule has 0 spiro atoms. The summed E-state index contributed by atoms with van der Waals surface area (Å²) in [5, 5.41) is 5.79. The molecule has 0 aromatic rings. The first-order valence-corrected chi connectivity index (χ1v) is 4.39. The Balaban J connectivity index is 3.15. The summed E-state index contributed by atoms with van der Waals surface area (Å²) in [5.74, 6) is 0.0605. The second-order valence-electron chi connectivity index (χ2n) is 2.60. The number of nitrogens with one attached hydrogen (secondary N) is 2. The molecule has 2 N–H and O–H groups in total. The number of amides is 1. The number of carbonyl (C=O) groups is 1. The summed E-state index contributed by atoms with van der Waals surface area (Å²) in [6.07, 6.45) is 3.68. The van der Waals surface area contributed by atoms with Gasteiger partial charge in [0.25, 0.3) is 0 Å². The van der Waals surface area contributed by atoms with Crippen molar-refractivity contribution in [3.8, 4) is 0 Å². The van der Waals surface area contributed by atoms with Crippen molar-refractivity contribution in [1.29, 1.82) is 0 Å². The van der Waals surface area contributed by atoms with E-state index in [9.17, 15) is 4.79 Å². The van der Waals surface area contributed by atoms with E-state index >= 15 is 0 Å². The van der Waals surface area contributed by atoms with Gasteiger partial charge < -0.3 is 10.6 Å². The zero-order valence-corrected chi connectivity index (χ0v) is 7.73. The maximum absolute atomic E-state index is 11.0. The lowest BCUT2D eigenvalue weighted by molar-refractivity contribution is -0.120. The molecule has 70 valence electrons. The second-order valence-corrected chi connectivity index (χ2v) is 2.60. The van der Waals surface area contributed by atoms with Gasteiger partial charge in [0.05, 0.1) is 6.54 Å². The van der Waals surface area contributed by atoms with Gasteiger partial charge in [0.2, 0.25) is 5.91 Å². The molecule has 0 saturated heterocycles. The smallest absolute Gasteiger partial charge is 0.233 e. The Morgan fingerprint density at radius 1 is 1.50 bits per heavy atom. The molecular formula is C9H18N2O. The molecule has 0 heterocycles. The minimum Gasteiger partial charge on any atom is -0.355 e. The van der Waals surface area contributed by atoms with Gasteiger partial charge in [-0.25, -0.2) is 0 Å². The quantitative estimate of drug-likeness (QED) is 0.436. The number of rotatable bonds is 7. The molecule has 1 amide bonds. The monoisotopic (exact) mass is 170 g/mol. The number of hydrogen-bond donors (Lipinski definition) is 2. The molecular weight excluding hydrogens is 152 g/mol. The normalized spacial score (nSPS) is 9.42. The Morgan fingerprint density at radius 2 is 2.25 bits per heavy atom. The van der Waals surface area contributed by atoms with Crippen molar-refractivity contribution in [2.24, 2.45) is 0 Å². The molecule has 0 unspecified atom stereocenters. The van der Waals surface area contributed by atoms with Crippen LogP contribution < -0.4 is 10.6 Å². The van der Waals surface area contributed by atoms with E-state index < -0.39 is 0 Å². The van der Waals surface area contributed by atoms with E-state index in [2.05, 4.69) is 24.1 Å². The first-order valence-electron chi connectivity index (χ1n) is 4.39. The van der Waals surface area contributed by atoms with Gasteiger partial charge in [0, 0.05) is 6.54 Å². The minimum absolute atomic E-state index is 0.0605. The molecule has 3 nitrogen and oxygen atoms in total. The summed E-state index contributed by atoms with van der Waals surface area (Å²) in [7, 11) is 0. The van der Waals surface area contributed by atoms with Crippen LogP contribution in [0.1, 0.15) is 19.8 Å². The molecule has 0 aliphatic heterocycles. The third-order valence-electron chi connectivity index (χ3n) is 1.38.